The Morgan fingerprint density at radius 1 is 1.50 bits per heavy atom. The molecule has 0 fully saturated rings. The van der Waals surface area contributed by atoms with E-state index < -0.39 is 5.60 Å². The van der Waals surface area contributed by atoms with Crippen LogP contribution in [0.3, 0.4) is 0 Å². The van der Waals surface area contributed by atoms with E-state index in [0.717, 1.165) is 12.0 Å². The van der Waals surface area contributed by atoms with Crippen LogP contribution in [-0.4, -0.2) is 27.5 Å². The van der Waals surface area contributed by atoms with Gasteiger partial charge in [-0.1, -0.05) is 26.7 Å². The van der Waals surface area contributed by atoms with Gasteiger partial charge in [-0.3, -0.25) is 4.68 Å². The molecule has 4 heteroatoms. The molecule has 2 atom stereocenters. The van der Waals surface area contributed by atoms with Gasteiger partial charge in [0.2, 0.25) is 0 Å². The molecule has 0 amide bonds. The Labute approximate surface area is 110 Å². The third kappa shape index (κ3) is 4.42. The fourth-order valence-corrected chi connectivity index (χ4v) is 2.05. The molecule has 2 unspecified atom stereocenters. The first kappa shape index (κ1) is 15.2. The summed E-state index contributed by atoms with van der Waals surface area (Å²) in [7, 11) is 1.86. The van der Waals surface area contributed by atoms with Crippen molar-refractivity contribution < 1.29 is 5.11 Å². The van der Waals surface area contributed by atoms with Gasteiger partial charge in [0, 0.05) is 31.4 Å². The van der Waals surface area contributed by atoms with Gasteiger partial charge in [0.25, 0.3) is 0 Å². The lowest BCUT2D eigenvalue weighted by Gasteiger charge is -2.26. The molecule has 0 spiro atoms. The average molecular weight is 253 g/mol. The molecule has 1 aromatic heterocycles. The van der Waals surface area contributed by atoms with Crippen molar-refractivity contribution in [3.05, 3.63) is 18.0 Å². The number of hydrogen-bond acceptors (Lipinski definition) is 3. The fourth-order valence-electron chi connectivity index (χ4n) is 2.05. The maximum absolute atomic E-state index is 10.5. The van der Waals surface area contributed by atoms with E-state index in [1.807, 2.05) is 20.2 Å². The summed E-state index contributed by atoms with van der Waals surface area (Å²) in [5, 5.41) is 18.0. The molecule has 0 aliphatic rings. The minimum absolute atomic E-state index is 0.494. The molecule has 0 saturated heterocycles. The van der Waals surface area contributed by atoms with Crippen molar-refractivity contribution in [2.45, 2.75) is 58.1 Å². The SMILES string of the molecule is CCCCC(CC)NCC(C)(O)c1cnn(C)c1. The summed E-state index contributed by atoms with van der Waals surface area (Å²) in [6, 6.07) is 0.494. The van der Waals surface area contributed by atoms with E-state index in [1.165, 1.54) is 19.3 Å². The van der Waals surface area contributed by atoms with Gasteiger partial charge in [0.15, 0.2) is 0 Å². The predicted molar refractivity (Wildman–Crippen MR) is 74.4 cm³/mol. The number of aryl methyl sites for hydroxylation is 1. The number of rotatable bonds is 8. The van der Waals surface area contributed by atoms with Crippen LogP contribution in [-0.2, 0) is 12.6 Å². The largest absolute Gasteiger partial charge is 0.384 e. The smallest absolute Gasteiger partial charge is 0.102 e. The summed E-state index contributed by atoms with van der Waals surface area (Å²) in [5.41, 5.74) is 0.0105. The maximum Gasteiger partial charge on any atom is 0.102 e. The summed E-state index contributed by atoms with van der Waals surface area (Å²) >= 11 is 0. The molecule has 0 aliphatic heterocycles. The molecule has 0 aliphatic carbocycles. The Morgan fingerprint density at radius 2 is 2.22 bits per heavy atom. The molecular formula is C14H27N3O. The fraction of sp³-hybridized carbons (Fsp3) is 0.786. The molecule has 1 aromatic rings. The molecule has 2 N–H and O–H groups in total. The van der Waals surface area contributed by atoms with Crippen LogP contribution in [0.25, 0.3) is 0 Å². The quantitative estimate of drug-likeness (QED) is 0.746. The number of aliphatic hydroxyl groups is 1. The number of aromatic nitrogens is 2. The van der Waals surface area contributed by atoms with Crippen molar-refractivity contribution in [1.82, 2.24) is 15.1 Å². The topological polar surface area (TPSA) is 50.1 Å². The van der Waals surface area contributed by atoms with Gasteiger partial charge in [0.05, 0.1) is 6.20 Å². The zero-order chi connectivity index (χ0) is 13.6. The Hall–Kier alpha value is -0.870. The highest BCUT2D eigenvalue weighted by Crippen LogP contribution is 2.19. The van der Waals surface area contributed by atoms with Crippen molar-refractivity contribution in [2.75, 3.05) is 6.54 Å². The van der Waals surface area contributed by atoms with Crippen molar-refractivity contribution >= 4 is 0 Å². The molecule has 104 valence electrons. The Balaban J connectivity index is 2.49. The van der Waals surface area contributed by atoms with E-state index in [0.29, 0.717) is 12.6 Å². The summed E-state index contributed by atoms with van der Waals surface area (Å²) in [5.74, 6) is 0. The van der Waals surface area contributed by atoms with Gasteiger partial charge in [0.1, 0.15) is 5.60 Å². The molecule has 0 saturated carbocycles. The Bertz CT molecular complexity index is 347. The van der Waals surface area contributed by atoms with E-state index in [2.05, 4.69) is 24.3 Å². The first-order valence-corrected chi connectivity index (χ1v) is 6.94. The van der Waals surface area contributed by atoms with Crippen LogP contribution >= 0.6 is 0 Å². The van der Waals surface area contributed by atoms with Gasteiger partial charge >= 0.3 is 0 Å². The highest BCUT2D eigenvalue weighted by atomic mass is 16.3. The molecule has 4 nitrogen and oxygen atoms in total. The van der Waals surface area contributed by atoms with Crippen LogP contribution in [0.5, 0.6) is 0 Å². The van der Waals surface area contributed by atoms with E-state index in [4.69, 9.17) is 0 Å². The van der Waals surface area contributed by atoms with Crippen molar-refractivity contribution in [2.24, 2.45) is 7.05 Å². The summed E-state index contributed by atoms with van der Waals surface area (Å²) < 4.78 is 1.72. The molecular weight excluding hydrogens is 226 g/mol. The second kappa shape index (κ2) is 6.90. The first-order valence-electron chi connectivity index (χ1n) is 6.94. The van der Waals surface area contributed by atoms with Crippen LogP contribution in [0.4, 0.5) is 0 Å². The van der Waals surface area contributed by atoms with Gasteiger partial charge in [-0.25, -0.2) is 0 Å². The van der Waals surface area contributed by atoms with E-state index >= 15 is 0 Å². The Morgan fingerprint density at radius 3 is 2.72 bits per heavy atom. The highest BCUT2D eigenvalue weighted by Gasteiger charge is 2.25. The lowest BCUT2D eigenvalue weighted by Crippen LogP contribution is -2.40. The first-order chi connectivity index (χ1) is 8.49. The average Bonchev–Trinajstić information content (AvgIpc) is 2.77. The third-order valence-corrected chi connectivity index (χ3v) is 3.46. The van der Waals surface area contributed by atoms with E-state index in [9.17, 15) is 5.11 Å². The molecule has 1 heterocycles. The van der Waals surface area contributed by atoms with Crippen LogP contribution in [0.15, 0.2) is 12.4 Å². The summed E-state index contributed by atoms with van der Waals surface area (Å²) in [6.07, 6.45) is 8.33. The van der Waals surface area contributed by atoms with Crippen molar-refractivity contribution in [3.8, 4) is 0 Å². The predicted octanol–water partition coefficient (Wildman–Crippen LogP) is 2.19. The molecule has 18 heavy (non-hydrogen) atoms. The Kier molecular flexibility index (Phi) is 5.82. The van der Waals surface area contributed by atoms with E-state index in [-0.39, 0.29) is 0 Å². The van der Waals surface area contributed by atoms with Crippen LogP contribution < -0.4 is 5.32 Å². The third-order valence-electron chi connectivity index (χ3n) is 3.46. The lowest BCUT2D eigenvalue weighted by molar-refractivity contribution is 0.0531. The maximum atomic E-state index is 10.5. The summed E-state index contributed by atoms with van der Waals surface area (Å²) in [4.78, 5) is 0. The standard InChI is InChI=1S/C14H27N3O/c1-5-7-8-13(6-2)15-11-14(3,18)12-9-16-17(4)10-12/h9-10,13,15,18H,5-8,11H2,1-4H3. The number of unbranched alkanes of at least 4 members (excludes halogenated alkanes) is 1. The van der Waals surface area contributed by atoms with Crippen LogP contribution in [0, 0.1) is 0 Å². The summed E-state index contributed by atoms with van der Waals surface area (Å²) in [6.45, 7) is 6.80. The van der Waals surface area contributed by atoms with Crippen LogP contribution in [0.1, 0.15) is 52.0 Å². The van der Waals surface area contributed by atoms with Gasteiger partial charge in [-0.05, 0) is 19.8 Å². The number of nitrogens with zero attached hydrogens (tertiary/aromatic N) is 2. The lowest BCUT2D eigenvalue weighted by atomic mass is 9.98. The number of hydrogen-bond donors (Lipinski definition) is 2. The molecule has 0 radical (unpaired) electrons. The highest BCUT2D eigenvalue weighted by molar-refractivity contribution is 5.14. The molecule has 1 rings (SSSR count). The van der Waals surface area contributed by atoms with Gasteiger partial charge < -0.3 is 10.4 Å². The number of nitrogens with one attached hydrogen (secondary N) is 1. The molecule has 0 aromatic carbocycles. The second-order valence-electron chi connectivity index (χ2n) is 5.30. The van der Waals surface area contributed by atoms with Crippen LogP contribution in [0.2, 0.25) is 0 Å². The van der Waals surface area contributed by atoms with Gasteiger partial charge in [-0.15, -0.1) is 0 Å². The van der Waals surface area contributed by atoms with Crippen molar-refractivity contribution in [1.29, 1.82) is 0 Å². The van der Waals surface area contributed by atoms with Gasteiger partial charge in [-0.2, -0.15) is 5.10 Å². The minimum atomic E-state index is -0.853. The second-order valence-corrected chi connectivity index (χ2v) is 5.30. The van der Waals surface area contributed by atoms with Crippen molar-refractivity contribution in [3.63, 3.8) is 0 Å². The monoisotopic (exact) mass is 253 g/mol. The zero-order valence-electron chi connectivity index (χ0n) is 12.1. The van der Waals surface area contributed by atoms with E-state index in [1.54, 1.807) is 10.9 Å². The molecule has 0 bridgehead atoms. The zero-order valence-corrected chi connectivity index (χ0v) is 12.1. The normalized spacial score (nSPS) is 16.5. The minimum Gasteiger partial charge on any atom is -0.384 e.